The number of nitrogens with one attached hydrogen (secondary N) is 1. The van der Waals surface area contributed by atoms with Crippen molar-refractivity contribution in [1.82, 2.24) is 5.32 Å². The zero-order valence-electron chi connectivity index (χ0n) is 11.4. The first-order chi connectivity index (χ1) is 8.43. The number of rotatable bonds is 3. The topological polar surface area (TPSA) is 12.0 Å². The fraction of sp³-hybridized carbons (Fsp3) is 0.733. The van der Waals surface area contributed by atoms with Gasteiger partial charge in [0.15, 0.2) is 0 Å². The van der Waals surface area contributed by atoms with E-state index < -0.39 is 0 Å². The van der Waals surface area contributed by atoms with Crippen molar-refractivity contribution in [3.8, 4) is 0 Å². The molecule has 0 aromatic carbocycles. The molecule has 2 aliphatic carbocycles. The van der Waals surface area contributed by atoms with Crippen LogP contribution in [0.5, 0.6) is 0 Å². The Bertz CT molecular complexity index is 448. The molecule has 1 heterocycles. The highest BCUT2D eigenvalue weighted by Gasteiger charge is 2.58. The number of fused-ring (bicyclic) bond motifs is 2. The summed E-state index contributed by atoms with van der Waals surface area (Å²) in [6.07, 6.45) is 4.26. The van der Waals surface area contributed by atoms with Crippen LogP contribution in [0.2, 0.25) is 0 Å². The molecule has 0 aliphatic heterocycles. The standard InChI is InChI=1S/C15H22BrNS/c1-14(2)10-4-6-15(3,8-10)13(14)17-9-12-11(16)5-7-18-12/h5,7,10,13,17H,4,6,8-9H2,1-3H3/t10-,13?,15+/m0/s1. The van der Waals surface area contributed by atoms with Gasteiger partial charge in [0.25, 0.3) is 0 Å². The lowest BCUT2D eigenvalue weighted by Crippen LogP contribution is -2.49. The Kier molecular flexibility index (Phi) is 3.15. The van der Waals surface area contributed by atoms with Crippen LogP contribution in [0.25, 0.3) is 0 Å². The van der Waals surface area contributed by atoms with Gasteiger partial charge in [-0.3, -0.25) is 0 Å². The second-order valence-corrected chi connectivity index (χ2v) is 8.78. The number of thiophene rings is 1. The molecule has 0 amide bonds. The van der Waals surface area contributed by atoms with Crippen LogP contribution in [0, 0.1) is 16.7 Å². The molecule has 3 rings (SSSR count). The molecule has 1 aromatic rings. The van der Waals surface area contributed by atoms with Crippen LogP contribution in [0.1, 0.15) is 44.9 Å². The zero-order chi connectivity index (χ0) is 13.0. The van der Waals surface area contributed by atoms with Crippen LogP contribution in [-0.2, 0) is 6.54 Å². The number of halogens is 1. The van der Waals surface area contributed by atoms with Crippen molar-refractivity contribution in [3.63, 3.8) is 0 Å². The van der Waals surface area contributed by atoms with Crippen molar-refractivity contribution in [2.45, 2.75) is 52.6 Å². The lowest BCUT2D eigenvalue weighted by molar-refractivity contribution is 0.108. The van der Waals surface area contributed by atoms with Gasteiger partial charge in [-0.1, -0.05) is 20.8 Å². The molecule has 0 spiro atoms. The Morgan fingerprint density at radius 1 is 1.44 bits per heavy atom. The van der Waals surface area contributed by atoms with E-state index in [4.69, 9.17) is 0 Å². The summed E-state index contributed by atoms with van der Waals surface area (Å²) in [7, 11) is 0. The third kappa shape index (κ3) is 1.90. The van der Waals surface area contributed by atoms with Gasteiger partial charge in [0.1, 0.15) is 0 Å². The summed E-state index contributed by atoms with van der Waals surface area (Å²) in [5.74, 6) is 0.923. The second-order valence-electron chi connectivity index (χ2n) is 6.92. The third-order valence-corrected chi connectivity index (χ3v) is 7.35. The van der Waals surface area contributed by atoms with E-state index in [0.717, 1.165) is 12.5 Å². The monoisotopic (exact) mass is 327 g/mol. The minimum atomic E-state index is 0.455. The van der Waals surface area contributed by atoms with Crippen LogP contribution >= 0.6 is 27.3 Å². The van der Waals surface area contributed by atoms with Crippen LogP contribution in [0.3, 0.4) is 0 Å². The summed E-state index contributed by atoms with van der Waals surface area (Å²) in [6, 6.07) is 2.81. The second kappa shape index (κ2) is 4.32. The summed E-state index contributed by atoms with van der Waals surface area (Å²) < 4.78 is 1.26. The maximum atomic E-state index is 3.87. The van der Waals surface area contributed by atoms with Crippen molar-refractivity contribution in [2.24, 2.45) is 16.7 Å². The Morgan fingerprint density at radius 3 is 2.78 bits per heavy atom. The van der Waals surface area contributed by atoms with Crippen molar-refractivity contribution in [3.05, 3.63) is 20.8 Å². The molecule has 2 fully saturated rings. The van der Waals surface area contributed by atoms with E-state index in [2.05, 4.69) is 53.5 Å². The fourth-order valence-electron chi connectivity index (χ4n) is 4.46. The SMILES string of the molecule is CC1(C)C(NCc2sccc2Br)[C@]2(C)CC[C@H]1C2. The van der Waals surface area contributed by atoms with E-state index >= 15 is 0 Å². The largest absolute Gasteiger partial charge is 0.308 e. The van der Waals surface area contributed by atoms with Crippen molar-refractivity contribution >= 4 is 27.3 Å². The van der Waals surface area contributed by atoms with Crippen LogP contribution < -0.4 is 5.32 Å². The van der Waals surface area contributed by atoms with E-state index in [1.165, 1.54) is 28.6 Å². The van der Waals surface area contributed by atoms with Gasteiger partial charge in [0, 0.05) is 21.9 Å². The molecule has 2 saturated carbocycles. The maximum Gasteiger partial charge on any atom is 0.0327 e. The summed E-state index contributed by atoms with van der Waals surface area (Å²) >= 11 is 5.47. The summed E-state index contributed by atoms with van der Waals surface area (Å²) in [5.41, 5.74) is 0.981. The molecule has 18 heavy (non-hydrogen) atoms. The van der Waals surface area contributed by atoms with Gasteiger partial charge < -0.3 is 5.32 Å². The Labute approximate surface area is 122 Å². The van der Waals surface area contributed by atoms with E-state index in [1.807, 2.05) is 11.3 Å². The van der Waals surface area contributed by atoms with E-state index in [0.29, 0.717) is 16.9 Å². The molecular weight excluding hydrogens is 306 g/mol. The van der Waals surface area contributed by atoms with Gasteiger partial charge in [-0.15, -0.1) is 11.3 Å². The highest BCUT2D eigenvalue weighted by molar-refractivity contribution is 9.10. The lowest BCUT2D eigenvalue weighted by Gasteiger charge is -2.43. The molecule has 2 aliphatic rings. The molecule has 1 nitrogen and oxygen atoms in total. The molecule has 100 valence electrons. The molecule has 1 N–H and O–H groups in total. The Morgan fingerprint density at radius 2 is 2.22 bits per heavy atom. The molecule has 3 heteroatoms. The van der Waals surface area contributed by atoms with Crippen LogP contribution in [0.4, 0.5) is 0 Å². The summed E-state index contributed by atoms with van der Waals surface area (Å²) in [6.45, 7) is 8.42. The predicted octanol–water partition coefficient (Wildman–Crippen LogP) is 4.82. The van der Waals surface area contributed by atoms with E-state index in [1.54, 1.807) is 0 Å². The van der Waals surface area contributed by atoms with Gasteiger partial charge in [0.05, 0.1) is 0 Å². The van der Waals surface area contributed by atoms with Crippen molar-refractivity contribution in [1.29, 1.82) is 0 Å². The van der Waals surface area contributed by atoms with E-state index in [9.17, 15) is 0 Å². The van der Waals surface area contributed by atoms with Crippen LogP contribution in [-0.4, -0.2) is 6.04 Å². The van der Waals surface area contributed by atoms with E-state index in [-0.39, 0.29) is 0 Å². The average molecular weight is 328 g/mol. The highest BCUT2D eigenvalue weighted by Crippen LogP contribution is 2.62. The molecule has 0 radical (unpaired) electrons. The quantitative estimate of drug-likeness (QED) is 0.839. The van der Waals surface area contributed by atoms with Gasteiger partial charge in [-0.25, -0.2) is 0 Å². The molecular formula is C15H22BrNS. The smallest absolute Gasteiger partial charge is 0.0327 e. The Balaban J connectivity index is 1.74. The van der Waals surface area contributed by atoms with Gasteiger partial charge in [-0.05, 0) is 63.4 Å². The average Bonchev–Trinajstić information content (AvgIpc) is 2.90. The normalized spacial score (nSPS) is 37.3. The number of hydrogen-bond acceptors (Lipinski definition) is 2. The van der Waals surface area contributed by atoms with Crippen molar-refractivity contribution < 1.29 is 0 Å². The fourth-order valence-corrected chi connectivity index (χ4v) is 5.90. The molecule has 1 unspecified atom stereocenters. The van der Waals surface area contributed by atoms with Gasteiger partial charge >= 0.3 is 0 Å². The first kappa shape index (κ1) is 13.1. The molecule has 2 bridgehead atoms. The minimum Gasteiger partial charge on any atom is -0.308 e. The zero-order valence-corrected chi connectivity index (χ0v) is 13.8. The summed E-state index contributed by atoms with van der Waals surface area (Å²) in [4.78, 5) is 1.43. The molecule has 3 atom stereocenters. The minimum absolute atomic E-state index is 0.455. The molecule has 1 aromatic heterocycles. The van der Waals surface area contributed by atoms with Crippen LogP contribution in [0.15, 0.2) is 15.9 Å². The van der Waals surface area contributed by atoms with Gasteiger partial charge in [-0.2, -0.15) is 0 Å². The van der Waals surface area contributed by atoms with Crippen molar-refractivity contribution in [2.75, 3.05) is 0 Å². The Hall–Kier alpha value is 0.140. The number of hydrogen-bond donors (Lipinski definition) is 1. The summed E-state index contributed by atoms with van der Waals surface area (Å²) in [5, 5.41) is 6.03. The molecule has 0 saturated heterocycles. The lowest BCUT2D eigenvalue weighted by atomic mass is 9.68. The highest BCUT2D eigenvalue weighted by atomic mass is 79.9. The first-order valence-corrected chi connectivity index (χ1v) is 8.56. The predicted molar refractivity (Wildman–Crippen MR) is 81.9 cm³/mol. The van der Waals surface area contributed by atoms with Gasteiger partial charge in [0.2, 0.25) is 0 Å². The third-order valence-electron chi connectivity index (χ3n) is 5.43. The first-order valence-electron chi connectivity index (χ1n) is 6.89. The maximum absolute atomic E-state index is 3.87.